The number of Topliss-reactive ketones (excluding diaryl/α,β-unsaturated/α-hetero) is 1. The Bertz CT molecular complexity index is 642. The Balaban J connectivity index is 2.02. The summed E-state index contributed by atoms with van der Waals surface area (Å²) in [7, 11) is 1.61. The average Bonchev–Trinajstić information content (AvgIpc) is 2.77. The summed E-state index contributed by atoms with van der Waals surface area (Å²) in [6.45, 7) is 0. The molecule has 0 aliphatic carbocycles. The second-order valence-electron chi connectivity index (χ2n) is 4.04. The minimum absolute atomic E-state index is 0.0178. The van der Waals surface area contributed by atoms with Crippen molar-refractivity contribution in [3.63, 3.8) is 0 Å². The Morgan fingerprint density at radius 3 is 2.39 bits per heavy atom. The minimum Gasteiger partial charge on any atom is -0.497 e. The Morgan fingerprint density at radius 2 is 1.72 bits per heavy atom. The van der Waals surface area contributed by atoms with E-state index in [0.29, 0.717) is 11.3 Å². The number of carbonyl (C=O) groups is 1. The van der Waals surface area contributed by atoms with Gasteiger partial charge in [-0.05, 0) is 36.4 Å². The number of hydrogen-bond acceptors (Lipinski definition) is 3. The Morgan fingerprint density at radius 1 is 1.00 bits per heavy atom. The van der Waals surface area contributed by atoms with Gasteiger partial charge in [0.05, 0.1) is 12.8 Å². The number of methoxy groups -OCH3 is 1. The van der Waals surface area contributed by atoms with E-state index in [1.54, 1.807) is 13.2 Å². The van der Waals surface area contributed by atoms with Crippen LogP contribution in [0.15, 0.2) is 53.5 Å². The van der Waals surface area contributed by atoms with Crippen molar-refractivity contribution in [2.75, 3.05) is 7.11 Å². The number of ketones is 1. The van der Waals surface area contributed by atoms with Gasteiger partial charge in [-0.3, -0.25) is 4.79 Å². The van der Waals surface area contributed by atoms with Crippen molar-refractivity contribution in [3.8, 4) is 5.75 Å². The van der Waals surface area contributed by atoms with Crippen molar-refractivity contribution >= 4 is 17.2 Å². The number of nitrogens with zero attached hydrogens (tertiary/aromatic N) is 1. The van der Waals surface area contributed by atoms with Gasteiger partial charge in [-0.25, -0.2) is 4.99 Å². The summed E-state index contributed by atoms with van der Waals surface area (Å²) in [5.41, 5.74) is 2.73. The van der Waals surface area contributed by atoms with E-state index in [9.17, 15) is 4.79 Å². The Labute approximate surface area is 105 Å². The molecule has 0 N–H and O–H groups in total. The van der Waals surface area contributed by atoms with Crippen molar-refractivity contribution in [2.24, 2.45) is 4.99 Å². The fraction of sp³-hybridized carbons (Fsp3) is 0.0667. The van der Waals surface area contributed by atoms with E-state index < -0.39 is 0 Å². The highest BCUT2D eigenvalue weighted by atomic mass is 16.5. The third-order valence-corrected chi connectivity index (χ3v) is 2.96. The van der Waals surface area contributed by atoms with Gasteiger partial charge in [0, 0.05) is 11.1 Å². The number of ether oxygens (including phenoxy) is 1. The molecule has 1 aliphatic rings. The first-order valence-corrected chi connectivity index (χ1v) is 5.66. The highest BCUT2D eigenvalue weighted by Crippen LogP contribution is 2.28. The van der Waals surface area contributed by atoms with Crippen molar-refractivity contribution in [2.45, 2.75) is 0 Å². The normalized spacial score (nSPS) is 13.2. The van der Waals surface area contributed by atoms with Crippen LogP contribution in [0.4, 0.5) is 5.69 Å². The standard InChI is InChI=1S/C15H11NO2/c1-18-11-8-6-10(7-9-11)14-15(17)12-4-2-3-5-13(12)16-14/h2-9H,1H3. The first kappa shape index (κ1) is 10.7. The van der Waals surface area contributed by atoms with E-state index in [1.165, 1.54) is 0 Å². The van der Waals surface area contributed by atoms with Crippen molar-refractivity contribution in [3.05, 3.63) is 59.7 Å². The lowest BCUT2D eigenvalue weighted by Gasteiger charge is -2.02. The molecule has 88 valence electrons. The molecule has 0 fully saturated rings. The predicted octanol–water partition coefficient (Wildman–Crippen LogP) is 3.01. The van der Waals surface area contributed by atoms with Gasteiger partial charge >= 0.3 is 0 Å². The highest BCUT2D eigenvalue weighted by Gasteiger charge is 2.24. The predicted molar refractivity (Wildman–Crippen MR) is 70.0 cm³/mol. The van der Waals surface area contributed by atoms with E-state index >= 15 is 0 Å². The van der Waals surface area contributed by atoms with E-state index in [-0.39, 0.29) is 5.78 Å². The van der Waals surface area contributed by atoms with E-state index in [1.807, 2.05) is 42.5 Å². The van der Waals surface area contributed by atoms with Crippen LogP contribution in [0.5, 0.6) is 5.75 Å². The fourth-order valence-electron chi connectivity index (χ4n) is 2.01. The highest BCUT2D eigenvalue weighted by molar-refractivity contribution is 6.54. The second-order valence-corrected chi connectivity index (χ2v) is 4.04. The van der Waals surface area contributed by atoms with Gasteiger partial charge in [0.1, 0.15) is 11.5 Å². The van der Waals surface area contributed by atoms with Crippen molar-refractivity contribution < 1.29 is 9.53 Å². The summed E-state index contributed by atoms with van der Waals surface area (Å²) in [5, 5.41) is 0. The number of carbonyl (C=O) groups excluding carboxylic acids is 1. The molecule has 0 atom stereocenters. The maximum atomic E-state index is 12.2. The van der Waals surface area contributed by atoms with Crippen LogP contribution in [0.2, 0.25) is 0 Å². The van der Waals surface area contributed by atoms with Gasteiger partial charge in [-0.1, -0.05) is 12.1 Å². The quantitative estimate of drug-likeness (QED) is 0.805. The number of fused-ring (bicyclic) bond motifs is 1. The molecular weight excluding hydrogens is 226 g/mol. The van der Waals surface area contributed by atoms with Crippen LogP contribution in [-0.2, 0) is 0 Å². The molecule has 3 nitrogen and oxygen atoms in total. The van der Waals surface area contributed by atoms with E-state index in [2.05, 4.69) is 4.99 Å². The van der Waals surface area contributed by atoms with Gasteiger partial charge in [0.15, 0.2) is 0 Å². The van der Waals surface area contributed by atoms with Crippen LogP contribution in [0, 0.1) is 0 Å². The van der Waals surface area contributed by atoms with Crippen molar-refractivity contribution in [1.29, 1.82) is 0 Å². The lowest BCUT2D eigenvalue weighted by Crippen LogP contribution is -2.10. The summed E-state index contributed by atoms with van der Waals surface area (Å²) in [4.78, 5) is 16.6. The molecule has 0 radical (unpaired) electrons. The molecule has 2 aromatic carbocycles. The van der Waals surface area contributed by atoms with Gasteiger partial charge < -0.3 is 4.74 Å². The molecule has 0 spiro atoms. The summed E-state index contributed by atoms with van der Waals surface area (Å²) in [6.07, 6.45) is 0. The summed E-state index contributed by atoms with van der Waals surface area (Å²) in [5.74, 6) is 0.748. The molecule has 0 saturated heterocycles. The van der Waals surface area contributed by atoms with Crippen molar-refractivity contribution in [1.82, 2.24) is 0 Å². The zero-order valence-corrected chi connectivity index (χ0v) is 9.88. The van der Waals surface area contributed by atoms with E-state index in [0.717, 1.165) is 17.0 Å². The fourth-order valence-corrected chi connectivity index (χ4v) is 2.01. The van der Waals surface area contributed by atoms with Crippen LogP contribution in [0.3, 0.4) is 0 Å². The molecule has 0 bridgehead atoms. The summed E-state index contributed by atoms with van der Waals surface area (Å²) >= 11 is 0. The van der Waals surface area contributed by atoms with Gasteiger partial charge in [-0.15, -0.1) is 0 Å². The number of aliphatic imine (C=N–C) groups is 1. The third kappa shape index (κ3) is 1.61. The number of para-hydroxylation sites is 1. The molecule has 0 aromatic heterocycles. The number of rotatable bonds is 2. The summed E-state index contributed by atoms with van der Waals surface area (Å²) in [6, 6.07) is 14.7. The zero-order chi connectivity index (χ0) is 12.5. The van der Waals surface area contributed by atoms with E-state index in [4.69, 9.17) is 4.74 Å². The second kappa shape index (κ2) is 4.11. The molecule has 3 rings (SSSR count). The monoisotopic (exact) mass is 237 g/mol. The molecule has 0 saturated carbocycles. The molecule has 1 aliphatic heterocycles. The van der Waals surface area contributed by atoms with Crippen LogP contribution in [-0.4, -0.2) is 18.6 Å². The molecule has 18 heavy (non-hydrogen) atoms. The molecule has 0 amide bonds. The molecule has 1 heterocycles. The van der Waals surface area contributed by atoms with Gasteiger partial charge in [0.2, 0.25) is 5.78 Å². The van der Waals surface area contributed by atoms with Gasteiger partial charge in [0.25, 0.3) is 0 Å². The number of hydrogen-bond donors (Lipinski definition) is 0. The van der Waals surface area contributed by atoms with Crippen LogP contribution < -0.4 is 4.74 Å². The summed E-state index contributed by atoms with van der Waals surface area (Å²) < 4.78 is 5.10. The first-order valence-electron chi connectivity index (χ1n) is 5.66. The maximum Gasteiger partial charge on any atom is 0.214 e. The average molecular weight is 237 g/mol. The third-order valence-electron chi connectivity index (χ3n) is 2.96. The lowest BCUT2D eigenvalue weighted by atomic mass is 10.0. The van der Waals surface area contributed by atoms with Crippen LogP contribution in [0.25, 0.3) is 0 Å². The van der Waals surface area contributed by atoms with Crippen LogP contribution >= 0.6 is 0 Å². The smallest absolute Gasteiger partial charge is 0.214 e. The van der Waals surface area contributed by atoms with Gasteiger partial charge in [-0.2, -0.15) is 0 Å². The zero-order valence-electron chi connectivity index (χ0n) is 9.88. The lowest BCUT2D eigenvalue weighted by molar-refractivity contribution is 0.107. The molecule has 3 heteroatoms. The molecule has 2 aromatic rings. The topological polar surface area (TPSA) is 38.7 Å². The molecular formula is C15H11NO2. The number of benzene rings is 2. The largest absolute Gasteiger partial charge is 0.497 e. The minimum atomic E-state index is -0.0178. The first-order chi connectivity index (χ1) is 8.79. The maximum absolute atomic E-state index is 12.2. The SMILES string of the molecule is COc1ccc(C2=Nc3ccccc3C2=O)cc1. The molecule has 0 unspecified atom stereocenters. The Kier molecular flexibility index (Phi) is 2.45. The van der Waals surface area contributed by atoms with Crippen LogP contribution in [0.1, 0.15) is 15.9 Å². The Hall–Kier alpha value is -2.42.